The summed E-state index contributed by atoms with van der Waals surface area (Å²) in [5.74, 6) is 0.674. The maximum atomic E-state index is 12.1. The molecule has 3 rings (SSSR count). The predicted octanol–water partition coefficient (Wildman–Crippen LogP) is 4.95. The van der Waals surface area contributed by atoms with Crippen molar-refractivity contribution < 1.29 is 9.53 Å². The Morgan fingerprint density at radius 3 is 2.67 bits per heavy atom. The topological polar surface area (TPSA) is 50.4 Å². The highest BCUT2D eigenvalue weighted by molar-refractivity contribution is 7.80. The molecular formula is C20H18Cl2N2O2S. The number of ketones is 1. The SMILES string of the molecule is CC(=O)C1=C(C)NC(=S)NC1c1cccc(OCc2ccc(Cl)c(Cl)c2)c1. The van der Waals surface area contributed by atoms with Crippen molar-refractivity contribution in [3.8, 4) is 5.75 Å². The average molecular weight is 421 g/mol. The van der Waals surface area contributed by atoms with Crippen molar-refractivity contribution in [1.82, 2.24) is 10.6 Å². The summed E-state index contributed by atoms with van der Waals surface area (Å²) in [6, 6.07) is 12.7. The Labute approximate surface area is 173 Å². The van der Waals surface area contributed by atoms with Gasteiger partial charge in [0.1, 0.15) is 12.4 Å². The van der Waals surface area contributed by atoms with E-state index in [2.05, 4.69) is 10.6 Å². The van der Waals surface area contributed by atoms with Crippen LogP contribution in [0, 0.1) is 0 Å². The number of hydrogen-bond acceptors (Lipinski definition) is 3. The van der Waals surface area contributed by atoms with Crippen LogP contribution in [0.1, 0.15) is 31.0 Å². The van der Waals surface area contributed by atoms with E-state index < -0.39 is 0 Å². The van der Waals surface area contributed by atoms with Crippen molar-refractivity contribution in [1.29, 1.82) is 0 Å². The van der Waals surface area contributed by atoms with Gasteiger partial charge in [-0.1, -0.05) is 41.4 Å². The third kappa shape index (κ3) is 4.61. The maximum absolute atomic E-state index is 12.1. The van der Waals surface area contributed by atoms with E-state index in [1.165, 1.54) is 0 Å². The second kappa shape index (κ2) is 8.30. The second-order valence-corrected chi connectivity index (χ2v) is 7.46. The number of rotatable bonds is 5. The van der Waals surface area contributed by atoms with Crippen LogP contribution >= 0.6 is 35.4 Å². The first-order valence-corrected chi connectivity index (χ1v) is 9.47. The lowest BCUT2D eigenvalue weighted by Gasteiger charge is -2.30. The van der Waals surface area contributed by atoms with Crippen LogP contribution in [-0.2, 0) is 11.4 Å². The van der Waals surface area contributed by atoms with Gasteiger partial charge < -0.3 is 15.4 Å². The molecule has 7 heteroatoms. The molecule has 1 heterocycles. The molecule has 0 amide bonds. The molecule has 0 fully saturated rings. The highest BCUT2D eigenvalue weighted by atomic mass is 35.5. The van der Waals surface area contributed by atoms with Crippen molar-refractivity contribution in [3.05, 3.63) is 74.9 Å². The molecule has 1 atom stereocenters. The molecule has 0 aromatic heterocycles. The van der Waals surface area contributed by atoms with Crippen LogP contribution in [0.25, 0.3) is 0 Å². The normalized spacial score (nSPS) is 16.6. The van der Waals surface area contributed by atoms with E-state index in [1.807, 2.05) is 37.3 Å². The minimum Gasteiger partial charge on any atom is -0.489 e. The first-order valence-electron chi connectivity index (χ1n) is 8.31. The Kier molecular flexibility index (Phi) is 6.05. The Morgan fingerprint density at radius 1 is 1.19 bits per heavy atom. The van der Waals surface area contributed by atoms with E-state index in [1.54, 1.807) is 19.1 Å². The average Bonchev–Trinajstić information content (AvgIpc) is 2.62. The molecule has 2 aromatic carbocycles. The predicted molar refractivity (Wildman–Crippen MR) is 112 cm³/mol. The lowest BCUT2D eigenvalue weighted by molar-refractivity contribution is -0.114. The summed E-state index contributed by atoms with van der Waals surface area (Å²) in [6.07, 6.45) is 0. The summed E-state index contributed by atoms with van der Waals surface area (Å²) in [4.78, 5) is 12.1. The van der Waals surface area contributed by atoms with E-state index in [4.69, 9.17) is 40.2 Å². The van der Waals surface area contributed by atoms with Gasteiger partial charge in [0.25, 0.3) is 0 Å². The number of nitrogens with one attached hydrogen (secondary N) is 2. The number of ether oxygens (including phenoxy) is 1. The molecule has 0 radical (unpaired) electrons. The van der Waals surface area contributed by atoms with Crippen LogP contribution in [0.3, 0.4) is 0 Å². The molecule has 2 aromatic rings. The largest absolute Gasteiger partial charge is 0.489 e. The van der Waals surface area contributed by atoms with Gasteiger partial charge >= 0.3 is 0 Å². The van der Waals surface area contributed by atoms with Gasteiger partial charge in [0.15, 0.2) is 10.9 Å². The smallest absolute Gasteiger partial charge is 0.171 e. The van der Waals surface area contributed by atoms with Crippen molar-refractivity contribution in [2.45, 2.75) is 26.5 Å². The first kappa shape index (κ1) is 19.7. The lowest BCUT2D eigenvalue weighted by Crippen LogP contribution is -2.44. The molecular weight excluding hydrogens is 403 g/mol. The minimum absolute atomic E-state index is 0.0119. The van der Waals surface area contributed by atoms with E-state index in [0.717, 1.165) is 16.8 Å². The fraction of sp³-hybridized carbons (Fsp3) is 0.200. The summed E-state index contributed by atoms with van der Waals surface area (Å²) in [5.41, 5.74) is 3.23. The van der Waals surface area contributed by atoms with E-state index in [0.29, 0.717) is 33.1 Å². The number of carbonyl (C=O) groups excluding carboxylic acids is 1. The molecule has 140 valence electrons. The van der Waals surface area contributed by atoms with Crippen LogP contribution in [0.15, 0.2) is 53.7 Å². The highest BCUT2D eigenvalue weighted by Crippen LogP contribution is 2.30. The molecule has 4 nitrogen and oxygen atoms in total. The van der Waals surface area contributed by atoms with Crippen LogP contribution in [0.5, 0.6) is 5.75 Å². The molecule has 0 aliphatic carbocycles. The fourth-order valence-corrected chi connectivity index (χ4v) is 3.58. The van der Waals surface area contributed by atoms with Crippen LogP contribution in [0.2, 0.25) is 10.0 Å². The van der Waals surface area contributed by atoms with Gasteiger partial charge in [0.05, 0.1) is 16.1 Å². The van der Waals surface area contributed by atoms with Gasteiger partial charge in [-0.2, -0.15) is 0 Å². The van der Waals surface area contributed by atoms with Crippen LogP contribution in [0.4, 0.5) is 0 Å². The number of halogens is 2. The van der Waals surface area contributed by atoms with Crippen molar-refractivity contribution in [2.24, 2.45) is 0 Å². The molecule has 0 saturated heterocycles. The summed E-state index contributed by atoms with van der Waals surface area (Å²) < 4.78 is 5.89. The zero-order chi connectivity index (χ0) is 19.6. The lowest BCUT2D eigenvalue weighted by atomic mass is 9.93. The quantitative estimate of drug-likeness (QED) is 0.669. The Balaban J connectivity index is 1.82. The zero-order valence-electron chi connectivity index (χ0n) is 14.8. The number of carbonyl (C=O) groups is 1. The fourth-order valence-electron chi connectivity index (χ4n) is 2.99. The Bertz CT molecular complexity index is 943. The Morgan fingerprint density at radius 2 is 1.96 bits per heavy atom. The first-order chi connectivity index (χ1) is 12.8. The second-order valence-electron chi connectivity index (χ2n) is 6.24. The molecule has 1 aliphatic rings. The van der Waals surface area contributed by atoms with E-state index in [9.17, 15) is 4.79 Å². The molecule has 0 bridgehead atoms. The van der Waals surface area contributed by atoms with Gasteiger partial charge in [-0.15, -0.1) is 0 Å². The summed E-state index contributed by atoms with van der Waals surface area (Å²) in [7, 11) is 0. The highest BCUT2D eigenvalue weighted by Gasteiger charge is 2.27. The third-order valence-electron chi connectivity index (χ3n) is 4.23. The molecule has 1 unspecified atom stereocenters. The number of hydrogen-bond donors (Lipinski definition) is 2. The number of allylic oxidation sites excluding steroid dienone is 1. The number of thiocarbonyl (C=S) groups is 1. The molecule has 0 spiro atoms. The number of Topliss-reactive ketones (excluding diaryl/α,β-unsaturated/α-hetero) is 1. The zero-order valence-corrected chi connectivity index (χ0v) is 17.1. The standard InChI is InChI=1S/C20H18Cl2N2O2S/c1-11-18(12(2)25)19(24-20(27)23-11)14-4-3-5-15(9-14)26-10-13-6-7-16(21)17(22)8-13/h3-9,19H,10H2,1-2H3,(H2,23,24,27). The third-order valence-corrected chi connectivity index (χ3v) is 5.19. The van der Waals surface area contributed by atoms with Crippen molar-refractivity contribution in [3.63, 3.8) is 0 Å². The van der Waals surface area contributed by atoms with Gasteiger partial charge in [-0.3, -0.25) is 4.79 Å². The van der Waals surface area contributed by atoms with Gasteiger partial charge in [0.2, 0.25) is 0 Å². The summed E-state index contributed by atoms with van der Waals surface area (Å²) in [5, 5.41) is 7.66. The Hall–Kier alpha value is -2.08. The van der Waals surface area contributed by atoms with Crippen LogP contribution in [-0.4, -0.2) is 10.9 Å². The van der Waals surface area contributed by atoms with E-state index >= 15 is 0 Å². The summed E-state index contributed by atoms with van der Waals surface area (Å²) >= 11 is 17.2. The molecule has 2 N–H and O–H groups in total. The van der Waals surface area contributed by atoms with Gasteiger partial charge in [-0.25, -0.2) is 0 Å². The number of benzene rings is 2. The summed E-state index contributed by atoms with van der Waals surface area (Å²) in [6.45, 7) is 3.75. The molecule has 27 heavy (non-hydrogen) atoms. The molecule has 0 saturated carbocycles. The van der Waals surface area contributed by atoms with Gasteiger partial charge in [-0.05, 0) is 61.5 Å². The van der Waals surface area contributed by atoms with E-state index in [-0.39, 0.29) is 11.8 Å². The van der Waals surface area contributed by atoms with Crippen molar-refractivity contribution in [2.75, 3.05) is 0 Å². The minimum atomic E-state index is -0.315. The van der Waals surface area contributed by atoms with Crippen LogP contribution < -0.4 is 15.4 Å². The molecule has 1 aliphatic heterocycles. The maximum Gasteiger partial charge on any atom is 0.171 e. The van der Waals surface area contributed by atoms with Gasteiger partial charge in [0, 0.05) is 11.3 Å². The monoisotopic (exact) mass is 420 g/mol. The van der Waals surface area contributed by atoms with Crippen molar-refractivity contribution >= 4 is 46.3 Å².